The number of ether oxygens (including phenoxy) is 1. The normalized spacial score (nSPS) is 22.4. The van der Waals surface area contributed by atoms with Crippen LogP contribution in [0.4, 0.5) is 0 Å². The standard InChI is InChI=1S/C22H19NO6S/c1-28-15-6-4-5-13(11-15)19-18-20(24)16-7-2-3-8-17(16)29-21(18)22(25)23(19)14-9-10-30(26,27)12-14/h2-8,11,14,19H,9-10,12H2,1H3/t14-,19-/m1/s1. The highest BCUT2D eigenvalue weighted by Gasteiger charge is 2.48. The molecule has 0 bridgehead atoms. The minimum absolute atomic E-state index is 0.0178. The van der Waals surface area contributed by atoms with Gasteiger partial charge in [0.15, 0.2) is 15.3 Å². The van der Waals surface area contributed by atoms with Crippen LogP contribution < -0.4 is 10.2 Å². The first-order chi connectivity index (χ1) is 14.4. The zero-order chi connectivity index (χ0) is 21.0. The number of sulfone groups is 1. The summed E-state index contributed by atoms with van der Waals surface area (Å²) in [6.07, 6.45) is 0.330. The first-order valence-electron chi connectivity index (χ1n) is 9.62. The number of methoxy groups -OCH3 is 1. The van der Waals surface area contributed by atoms with Crippen LogP contribution in [0.2, 0.25) is 0 Å². The maximum atomic E-state index is 13.4. The zero-order valence-electron chi connectivity index (χ0n) is 16.2. The number of fused-ring (bicyclic) bond motifs is 2. The van der Waals surface area contributed by atoms with E-state index in [4.69, 9.17) is 9.15 Å². The summed E-state index contributed by atoms with van der Waals surface area (Å²) in [5, 5.41) is 0.387. The number of hydrogen-bond acceptors (Lipinski definition) is 6. The number of nitrogens with zero attached hydrogens (tertiary/aromatic N) is 1. The predicted molar refractivity (Wildman–Crippen MR) is 111 cm³/mol. The van der Waals surface area contributed by atoms with E-state index < -0.39 is 27.8 Å². The molecule has 5 rings (SSSR count). The lowest BCUT2D eigenvalue weighted by molar-refractivity contribution is 0.0662. The number of para-hydroxylation sites is 1. The summed E-state index contributed by atoms with van der Waals surface area (Å²) in [6.45, 7) is 0. The van der Waals surface area contributed by atoms with Crippen molar-refractivity contribution in [3.8, 4) is 5.75 Å². The molecule has 0 N–H and O–H groups in total. The first-order valence-corrected chi connectivity index (χ1v) is 11.4. The van der Waals surface area contributed by atoms with Gasteiger partial charge in [0.05, 0.1) is 35.6 Å². The molecule has 0 aliphatic carbocycles. The molecule has 2 aliphatic heterocycles. The summed E-state index contributed by atoms with van der Waals surface area (Å²) in [7, 11) is -1.70. The second-order valence-corrected chi connectivity index (χ2v) is 9.85. The van der Waals surface area contributed by atoms with Gasteiger partial charge in [-0.1, -0.05) is 24.3 Å². The van der Waals surface area contributed by atoms with Crippen molar-refractivity contribution in [3.05, 3.63) is 75.6 Å². The fourth-order valence-electron chi connectivity index (χ4n) is 4.45. The van der Waals surface area contributed by atoms with Gasteiger partial charge in [-0.25, -0.2) is 8.42 Å². The van der Waals surface area contributed by atoms with E-state index in [1.165, 1.54) is 12.0 Å². The Hall–Kier alpha value is -3.13. The van der Waals surface area contributed by atoms with Gasteiger partial charge in [0, 0.05) is 6.04 Å². The first kappa shape index (κ1) is 18.9. The van der Waals surface area contributed by atoms with E-state index >= 15 is 0 Å². The van der Waals surface area contributed by atoms with Crippen molar-refractivity contribution in [2.45, 2.75) is 18.5 Å². The fourth-order valence-corrected chi connectivity index (χ4v) is 6.16. The molecule has 0 unspecified atom stereocenters. The van der Waals surface area contributed by atoms with Crippen molar-refractivity contribution in [1.82, 2.24) is 4.90 Å². The summed E-state index contributed by atoms with van der Waals surface area (Å²) < 4.78 is 35.5. The van der Waals surface area contributed by atoms with Crippen LogP contribution >= 0.6 is 0 Å². The van der Waals surface area contributed by atoms with Crippen LogP contribution in [0.1, 0.15) is 34.1 Å². The Kier molecular flexibility index (Phi) is 4.21. The van der Waals surface area contributed by atoms with Gasteiger partial charge in [0.2, 0.25) is 5.76 Å². The van der Waals surface area contributed by atoms with Crippen LogP contribution in [0, 0.1) is 0 Å². The van der Waals surface area contributed by atoms with E-state index in [9.17, 15) is 18.0 Å². The van der Waals surface area contributed by atoms with Crippen LogP contribution in [0.25, 0.3) is 11.0 Å². The van der Waals surface area contributed by atoms with E-state index in [-0.39, 0.29) is 28.3 Å². The average molecular weight is 425 g/mol. The smallest absolute Gasteiger partial charge is 0.291 e. The topological polar surface area (TPSA) is 93.9 Å². The van der Waals surface area contributed by atoms with Crippen LogP contribution in [0.5, 0.6) is 5.75 Å². The van der Waals surface area contributed by atoms with Crippen LogP contribution in [0.3, 0.4) is 0 Å². The monoisotopic (exact) mass is 425 g/mol. The molecule has 2 aliphatic rings. The lowest BCUT2D eigenvalue weighted by Crippen LogP contribution is -2.40. The Morgan fingerprint density at radius 3 is 2.63 bits per heavy atom. The lowest BCUT2D eigenvalue weighted by Gasteiger charge is -2.30. The molecule has 2 aromatic carbocycles. The minimum atomic E-state index is -3.24. The van der Waals surface area contributed by atoms with Crippen molar-refractivity contribution in [1.29, 1.82) is 0 Å². The maximum Gasteiger partial charge on any atom is 0.291 e. The largest absolute Gasteiger partial charge is 0.497 e. The van der Waals surface area contributed by atoms with Gasteiger partial charge in [-0.2, -0.15) is 0 Å². The molecule has 1 aromatic heterocycles. The van der Waals surface area contributed by atoms with E-state index in [2.05, 4.69) is 0 Å². The van der Waals surface area contributed by atoms with Crippen LogP contribution in [-0.2, 0) is 9.84 Å². The van der Waals surface area contributed by atoms with Gasteiger partial charge >= 0.3 is 0 Å². The molecule has 1 saturated heterocycles. The Morgan fingerprint density at radius 1 is 1.10 bits per heavy atom. The molecule has 7 nitrogen and oxygen atoms in total. The minimum Gasteiger partial charge on any atom is -0.497 e. The highest BCUT2D eigenvalue weighted by Crippen LogP contribution is 2.42. The van der Waals surface area contributed by atoms with Crippen molar-refractivity contribution in [2.24, 2.45) is 0 Å². The Morgan fingerprint density at radius 2 is 1.90 bits per heavy atom. The summed E-state index contributed by atoms with van der Waals surface area (Å²) in [4.78, 5) is 28.3. The van der Waals surface area contributed by atoms with Gasteiger partial charge in [-0.05, 0) is 36.2 Å². The maximum absolute atomic E-state index is 13.4. The van der Waals surface area contributed by atoms with Gasteiger partial charge < -0.3 is 14.1 Å². The van der Waals surface area contributed by atoms with Crippen molar-refractivity contribution >= 4 is 26.7 Å². The van der Waals surface area contributed by atoms with Crippen LogP contribution in [-0.4, -0.2) is 43.9 Å². The predicted octanol–water partition coefficient (Wildman–Crippen LogP) is 2.53. The summed E-state index contributed by atoms with van der Waals surface area (Å²) in [6, 6.07) is 12.6. The van der Waals surface area contributed by atoms with Crippen molar-refractivity contribution in [2.75, 3.05) is 18.6 Å². The molecule has 3 aromatic rings. The number of benzene rings is 2. The zero-order valence-corrected chi connectivity index (χ0v) is 17.0. The molecule has 8 heteroatoms. The average Bonchev–Trinajstić information content (AvgIpc) is 3.25. The molecule has 1 fully saturated rings. The molecule has 0 saturated carbocycles. The number of hydrogen-bond donors (Lipinski definition) is 0. The fraction of sp³-hybridized carbons (Fsp3) is 0.273. The third kappa shape index (κ3) is 2.82. The molecular formula is C22H19NO6S. The molecule has 3 heterocycles. The second kappa shape index (κ2) is 6.70. The number of carbonyl (C=O) groups is 1. The van der Waals surface area contributed by atoms with E-state index in [1.807, 2.05) is 0 Å². The molecule has 0 spiro atoms. The van der Waals surface area contributed by atoms with Gasteiger partial charge in [-0.15, -0.1) is 0 Å². The Balaban J connectivity index is 1.76. The highest BCUT2D eigenvalue weighted by atomic mass is 32.2. The van der Waals surface area contributed by atoms with Gasteiger partial charge in [-0.3, -0.25) is 9.59 Å². The third-order valence-corrected chi connectivity index (χ3v) is 7.57. The van der Waals surface area contributed by atoms with E-state index in [0.717, 1.165) is 0 Å². The van der Waals surface area contributed by atoms with Crippen molar-refractivity contribution in [3.63, 3.8) is 0 Å². The van der Waals surface area contributed by atoms with E-state index in [0.29, 0.717) is 28.7 Å². The summed E-state index contributed by atoms with van der Waals surface area (Å²) in [5.41, 5.74) is 0.973. The quantitative estimate of drug-likeness (QED) is 0.640. The van der Waals surface area contributed by atoms with Crippen LogP contribution in [0.15, 0.2) is 57.7 Å². The molecule has 2 atom stereocenters. The second-order valence-electron chi connectivity index (χ2n) is 7.62. The molecule has 0 radical (unpaired) electrons. The van der Waals surface area contributed by atoms with Crippen molar-refractivity contribution < 1.29 is 22.4 Å². The Labute approximate surface area is 172 Å². The molecule has 30 heavy (non-hydrogen) atoms. The van der Waals surface area contributed by atoms with Gasteiger partial charge in [0.25, 0.3) is 5.91 Å². The number of carbonyl (C=O) groups excluding carboxylic acids is 1. The van der Waals surface area contributed by atoms with Gasteiger partial charge in [0.1, 0.15) is 11.3 Å². The number of rotatable bonds is 3. The third-order valence-electron chi connectivity index (χ3n) is 5.82. The molecular weight excluding hydrogens is 406 g/mol. The number of amides is 1. The summed E-state index contributed by atoms with van der Waals surface area (Å²) >= 11 is 0. The lowest BCUT2D eigenvalue weighted by atomic mass is 9.97. The summed E-state index contributed by atoms with van der Waals surface area (Å²) in [5.74, 6) is 0.00327. The van der Waals surface area contributed by atoms with E-state index in [1.54, 1.807) is 48.5 Å². The SMILES string of the molecule is COc1cccc([C@@H]2c3c(oc4ccccc4c3=O)C(=O)N2[C@@H]2CCS(=O)(=O)C2)c1. The molecule has 154 valence electrons. The Bertz CT molecular complexity index is 1340. The highest BCUT2D eigenvalue weighted by molar-refractivity contribution is 7.91. The molecule has 1 amide bonds.